The number of rotatable bonds is 5. The minimum absolute atomic E-state index is 0.0316. The third-order valence-electron chi connectivity index (χ3n) is 4.89. The second-order valence-electron chi connectivity index (χ2n) is 6.88. The minimum atomic E-state index is -2.80. The fourth-order valence-corrected chi connectivity index (χ4v) is 3.36. The highest BCUT2D eigenvalue weighted by Crippen LogP contribution is 2.26. The molecule has 5 rings (SSSR count). The normalized spacial score (nSPS) is 13.2. The second kappa shape index (κ2) is 7.21. The first-order valence-corrected chi connectivity index (χ1v) is 9.22. The first kappa shape index (κ1) is 18.2. The quantitative estimate of drug-likeness (QED) is 0.498. The van der Waals surface area contributed by atoms with E-state index < -0.39 is 12.3 Å². The molecule has 0 amide bonds. The molecule has 2 aromatic carbocycles. The van der Waals surface area contributed by atoms with E-state index in [4.69, 9.17) is 4.42 Å². The van der Waals surface area contributed by atoms with Crippen molar-refractivity contribution < 1.29 is 18.0 Å². The highest BCUT2D eigenvalue weighted by molar-refractivity contribution is 6.01. The zero-order chi connectivity index (χ0) is 20.7. The minimum Gasteiger partial charge on any atom is -0.415 e. The largest absolute Gasteiger partial charge is 0.415 e. The lowest BCUT2D eigenvalue weighted by Gasteiger charge is -2.01. The highest BCUT2D eigenvalue weighted by Gasteiger charge is 2.21. The zero-order valence-corrected chi connectivity index (χ0v) is 15.5. The van der Waals surface area contributed by atoms with Crippen LogP contribution in [0.3, 0.4) is 0 Å². The number of hydrogen-bond acceptors (Lipinski definition) is 7. The Morgan fingerprint density at radius 3 is 2.57 bits per heavy atom. The maximum Gasteiger partial charge on any atom is 0.314 e. The van der Waals surface area contributed by atoms with Gasteiger partial charge in [-0.05, 0) is 41.0 Å². The molecule has 0 radical (unpaired) electrons. The van der Waals surface area contributed by atoms with Crippen LogP contribution < -0.4 is 0 Å². The molecule has 0 unspecified atom stereocenters. The summed E-state index contributed by atoms with van der Waals surface area (Å²) in [5.74, 6) is -0.0911. The molecule has 0 bridgehead atoms. The van der Waals surface area contributed by atoms with Crippen LogP contribution in [0.5, 0.6) is 0 Å². The van der Waals surface area contributed by atoms with E-state index in [0.29, 0.717) is 24.4 Å². The van der Waals surface area contributed by atoms with Gasteiger partial charge in [-0.25, -0.2) is 0 Å². The summed E-state index contributed by atoms with van der Waals surface area (Å²) >= 11 is 0. The number of alkyl halides is 2. The van der Waals surface area contributed by atoms with Gasteiger partial charge in [0.15, 0.2) is 5.78 Å². The van der Waals surface area contributed by atoms with Gasteiger partial charge in [-0.1, -0.05) is 24.3 Å². The summed E-state index contributed by atoms with van der Waals surface area (Å²) in [5.41, 5.74) is 3.94. The predicted octanol–water partition coefficient (Wildman–Crippen LogP) is 3.50. The molecule has 4 aromatic rings. The Morgan fingerprint density at radius 1 is 1.00 bits per heavy atom. The van der Waals surface area contributed by atoms with Crippen LogP contribution in [0, 0.1) is 0 Å². The standard InChI is InChI=1S/C20H14F2N6O2/c21-17(22)20-25-24-19(30-20)13-3-1-11(2-4-13)10-28-26-18(23-27-28)14-6-5-12-7-8-16(29)15(12)9-14/h1-6,9,17H,7-8,10H2. The average Bonchev–Trinajstić information content (AvgIpc) is 3.49. The van der Waals surface area contributed by atoms with E-state index in [1.807, 2.05) is 18.2 Å². The van der Waals surface area contributed by atoms with Crippen LogP contribution >= 0.6 is 0 Å². The lowest BCUT2D eigenvalue weighted by atomic mass is 10.1. The number of hydrogen-bond donors (Lipinski definition) is 0. The van der Waals surface area contributed by atoms with Crippen molar-refractivity contribution in [1.82, 2.24) is 30.4 Å². The molecule has 1 aliphatic rings. The van der Waals surface area contributed by atoms with Gasteiger partial charge in [-0.15, -0.1) is 20.4 Å². The van der Waals surface area contributed by atoms with Gasteiger partial charge in [-0.3, -0.25) is 4.79 Å². The van der Waals surface area contributed by atoms with Gasteiger partial charge in [0.25, 0.3) is 5.89 Å². The van der Waals surface area contributed by atoms with Gasteiger partial charge in [0.2, 0.25) is 11.7 Å². The van der Waals surface area contributed by atoms with Gasteiger partial charge in [0.1, 0.15) is 0 Å². The topological polar surface area (TPSA) is 99.6 Å². The van der Waals surface area contributed by atoms with Crippen LogP contribution in [-0.4, -0.2) is 36.2 Å². The Hall–Kier alpha value is -3.82. The lowest BCUT2D eigenvalue weighted by molar-refractivity contribution is 0.0994. The molecule has 0 saturated carbocycles. The molecule has 0 spiro atoms. The van der Waals surface area contributed by atoms with Crippen molar-refractivity contribution in [3.8, 4) is 22.8 Å². The molecule has 2 aromatic heterocycles. The van der Waals surface area contributed by atoms with Gasteiger partial charge in [0.05, 0.1) is 6.54 Å². The molecule has 150 valence electrons. The summed E-state index contributed by atoms with van der Waals surface area (Å²) in [7, 11) is 0. The maximum absolute atomic E-state index is 12.6. The molecule has 0 atom stereocenters. The number of tetrazole rings is 1. The summed E-state index contributed by atoms with van der Waals surface area (Å²) < 4.78 is 30.1. The Balaban J connectivity index is 1.32. The van der Waals surface area contributed by atoms with Crippen LogP contribution in [0.4, 0.5) is 8.78 Å². The fourth-order valence-electron chi connectivity index (χ4n) is 3.36. The number of halogens is 2. The van der Waals surface area contributed by atoms with E-state index in [1.54, 1.807) is 24.3 Å². The first-order valence-electron chi connectivity index (χ1n) is 9.22. The van der Waals surface area contributed by atoms with Crippen molar-refractivity contribution in [2.45, 2.75) is 25.8 Å². The number of Topliss-reactive ketones (excluding diaryl/α,β-unsaturated/α-hetero) is 1. The van der Waals surface area contributed by atoms with E-state index in [9.17, 15) is 13.6 Å². The Bertz CT molecular complexity index is 1230. The molecule has 0 fully saturated rings. The smallest absolute Gasteiger partial charge is 0.314 e. The van der Waals surface area contributed by atoms with Crippen molar-refractivity contribution in [3.05, 3.63) is 65.0 Å². The number of aromatic nitrogens is 6. The fraction of sp³-hybridized carbons (Fsp3) is 0.200. The number of fused-ring (bicyclic) bond motifs is 1. The molecule has 0 aliphatic heterocycles. The number of ketones is 1. The molecule has 10 heteroatoms. The molecule has 0 saturated heterocycles. The van der Waals surface area contributed by atoms with Crippen LogP contribution in [0.1, 0.15) is 40.2 Å². The number of carbonyl (C=O) groups excluding carboxylic acids is 1. The zero-order valence-electron chi connectivity index (χ0n) is 15.5. The van der Waals surface area contributed by atoms with Crippen LogP contribution in [0.15, 0.2) is 46.9 Å². The molecule has 1 aliphatic carbocycles. The maximum atomic E-state index is 12.6. The van der Waals surface area contributed by atoms with Gasteiger partial charge >= 0.3 is 6.43 Å². The van der Waals surface area contributed by atoms with Crippen LogP contribution in [0.2, 0.25) is 0 Å². The third-order valence-corrected chi connectivity index (χ3v) is 4.89. The van der Waals surface area contributed by atoms with E-state index in [2.05, 4.69) is 25.6 Å². The molecular formula is C20H14F2N6O2. The van der Waals surface area contributed by atoms with Crippen molar-refractivity contribution >= 4 is 5.78 Å². The van der Waals surface area contributed by atoms with Crippen LogP contribution in [0.25, 0.3) is 22.8 Å². The van der Waals surface area contributed by atoms with Crippen molar-refractivity contribution in [1.29, 1.82) is 0 Å². The first-order chi connectivity index (χ1) is 14.6. The second-order valence-corrected chi connectivity index (χ2v) is 6.88. The summed E-state index contributed by atoms with van der Waals surface area (Å²) in [5, 5.41) is 19.5. The van der Waals surface area contributed by atoms with Crippen molar-refractivity contribution in [2.24, 2.45) is 0 Å². The van der Waals surface area contributed by atoms with E-state index >= 15 is 0 Å². The number of benzene rings is 2. The Morgan fingerprint density at radius 2 is 1.80 bits per heavy atom. The SMILES string of the molecule is O=C1CCc2ccc(-c3nnn(Cc4ccc(-c5nnc(C(F)F)o5)cc4)n3)cc21. The monoisotopic (exact) mass is 408 g/mol. The molecule has 8 nitrogen and oxygen atoms in total. The van der Waals surface area contributed by atoms with Gasteiger partial charge in [-0.2, -0.15) is 13.6 Å². The summed E-state index contributed by atoms with van der Waals surface area (Å²) in [6.07, 6.45) is -1.48. The number of carbonyl (C=O) groups is 1. The van der Waals surface area contributed by atoms with Crippen molar-refractivity contribution in [2.75, 3.05) is 0 Å². The summed E-state index contributed by atoms with van der Waals surface area (Å²) in [4.78, 5) is 13.4. The lowest BCUT2D eigenvalue weighted by Crippen LogP contribution is -2.04. The Labute approximate surface area is 168 Å². The predicted molar refractivity (Wildman–Crippen MR) is 99.7 cm³/mol. The van der Waals surface area contributed by atoms with E-state index in [0.717, 1.165) is 28.7 Å². The highest BCUT2D eigenvalue weighted by atomic mass is 19.3. The van der Waals surface area contributed by atoms with E-state index in [-0.39, 0.29) is 11.7 Å². The number of aryl methyl sites for hydroxylation is 1. The molecule has 30 heavy (non-hydrogen) atoms. The van der Waals surface area contributed by atoms with Crippen molar-refractivity contribution in [3.63, 3.8) is 0 Å². The van der Waals surface area contributed by atoms with Gasteiger partial charge in [0, 0.05) is 23.1 Å². The molecular weight excluding hydrogens is 394 g/mol. The average molecular weight is 408 g/mol. The summed E-state index contributed by atoms with van der Waals surface area (Å²) in [6.45, 7) is 0.364. The van der Waals surface area contributed by atoms with E-state index in [1.165, 1.54) is 4.80 Å². The summed E-state index contributed by atoms with van der Waals surface area (Å²) in [6, 6.07) is 12.6. The third kappa shape index (κ3) is 3.36. The molecule has 0 N–H and O–H groups in total. The van der Waals surface area contributed by atoms with Crippen LogP contribution in [-0.2, 0) is 13.0 Å². The van der Waals surface area contributed by atoms with Gasteiger partial charge < -0.3 is 4.42 Å². The Kier molecular flexibility index (Phi) is 4.38. The molecule has 2 heterocycles. The number of nitrogens with zero attached hydrogens (tertiary/aromatic N) is 6.